The highest BCUT2D eigenvalue weighted by atomic mass is 19.4. The maximum absolute atomic E-state index is 12.9. The Morgan fingerprint density at radius 2 is 1.89 bits per heavy atom. The van der Waals surface area contributed by atoms with Gasteiger partial charge in [-0.3, -0.25) is 0 Å². The van der Waals surface area contributed by atoms with Crippen molar-refractivity contribution in [3.63, 3.8) is 0 Å². The number of carbonyl (C=O) groups is 2. The molecule has 0 aliphatic carbocycles. The van der Waals surface area contributed by atoms with Crippen molar-refractivity contribution in [2.75, 3.05) is 19.7 Å². The summed E-state index contributed by atoms with van der Waals surface area (Å²) in [5, 5.41) is 13.2. The van der Waals surface area contributed by atoms with Gasteiger partial charge in [0.1, 0.15) is 36.1 Å². The Kier molecular flexibility index (Phi) is 9.48. The van der Waals surface area contributed by atoms with E-state index in [4.69, 9.17) is 9.47 Å². The van der Waals surface area contributed by atoms with Crippen molar-refractivity contribution < 1.29 is 51.5 Å². The second-order valence-electron chi connectivity index (χ2n) is 8.12. The summed E-state index contributed by atoms with van der Waals surface area (Å²) in [6.07, 6.45) is -4.81. The van der Waals surface area contributed by atoms with E-state index in [9.17, 15) is 32.3 Å². The summed E-state index contributed by atoms with van der Waals surface area (Å²) in [5.74, 6) is -2.93. The molecule has 36 heavy (non-hydrogen) atoms. The zero-order chi connectivity index (χ0) is 26.1. The molecule has 2 N–H and O–H groups in total. The van der Waals surface area contributed by atoms with Gasteiger partial charge in [0.15, 0.2) is 0 Å². The number of rotatable bonds is 10. The summed E-state index contributed by atoms with van der Waals surface area (Å²) >= 11 is 0. The Balaban J connectivity index is 1.35. The lowest BCUT2D eigenvalue weighted by atomic mass is 9.98. The molecule has 0 saturated carbocycles. The lowest BCUT2D eigenvalue weighted by Gasteiger charge is -2.27. The molecule has 2 atom stereocenters. The van der Waals surface area contributed by atoms with Gasteiger partial charge in [0.25, 0.3) is 0 Å². The molecule has 1 aliphatic rings. The summed E-state index contributed by atoms with van der Waals surface area (Å²) in [4.78, 5) is 29.4. The van der Waals surface area contributed by atoms with Crippen molar-refractivity contribution in [3.8, 4) is 11.5 Å². The molecular weight excluding hydrogens is 490 g/mol. The Labute approximate surface area is 204 Å². The lowest BCUT2D eigenvalue weighted by Crippen LogP contribution is -2.39. The highest BCUT2D eigenvalue weighted by Gasteiger charge is 2.43. The molecule has 1 aliphatic heterocycles. The van der Waals surface area contributed by atoms with E-state index in [2.05, 4.69) is 15.1 Å². The summed E-state index contributed by atoms with van der Waals surface area (Å²) in [6.45, 7) is 0.826. The van der Waals surface area contributed by atoms with Crippen molar-refractivity contribution in [2.45, 2.75) is 44.1 Å². The van der Waals surface area contributed by atoms with E-state index in [1.54, 1.807) is 12.1 Å². The van der Waals surface area contributed by atoms with Crippen molar-refractivity contribution in [1.82, 2.24) is 5.32 Å². The van der Waals surface area contributed by atoms with Crippen LogP contribution in [-0.4, -0.2) is 55.1 Å². The minimum atomic E-state index is -5.24. The lowest BCUT2D eigenvalue weighted by molar-refractivity contribution is -0.285. The number of aliphatic hydroxyl groups excluding tert-OH is 1. The molecule has 0 saturated heterocycles. The van der Waals surface area contributed by atoms with Gasteiger partial charge in [-0.05, 0) is 60.7 Å². The molecule has 12 heteroatoms. The number of carbonyl (C=O) groups excluding carboxylic acids is 2. The predicted octanol–water partition coefficient (Wildman–Crippen LogP) is 3.05. The summed E-state index contributed by atoms with van der Waals surface area (Å²) in [6, 6.07) is 10.8. The number of hydrogen-bond acceptors (Lipinski definition) is 8. The number of ether oxygens (including phenoxy) is 2. The van der Waals surface area contributed by atoms with Gasteiger partial charge in [-0.2, -0.15) is 13.2 Å². The van der Waals surface area contributed by atoms with Crippen molar-refractivity contribution >= 4 is 11.9 Å². The van der Waals surface area contributed by atoms with E-state index in [-0.39, 0.29) is 37.9 Å². The number of alkyl halides is 3. The first-order valence-electron chi connectivity index (χ1n) is 11.1. The first-order valence-corrected chi connectivity index (χ1v) is 11.1. The number of fused-ring (bicyclic) bond motifs is 1. The Morgan fingerprint density at radius 1 is 1.14 bits per heavy atom. The highest BCUT2D eigenvalue weighted by molar-refractivity contribution is 5.77. The van der Waals surface area contributed by atoms with Crippen molar-refractivity contribution in [2.24, 2.45) is 0 Å². The van der Waals surface area contributed by atoms with Crippen LogP contribution in [0.4, 0.5) is 17.6 Å². The zero-order valence-corrected chi connectivity index (χ0v) is 19.1. The van der Waals surface area contributed by atoms with Crippen LogP contribution >= 0.6 is 0 Å². The first-order chi connectivity index (χ1) is 17.1. The number of hydrogen-bond donors (Lipinski definition) is 2. The molecular formula is C24H25F4NO7. The third-order valence-corrected chi connectivity index (χ3v) is 5.22. The first kappa shape index (κ1) is 27.2. The molecule has 0 fully saturated rings. The zero-order valence-electron chi connectivity index (χ0n) is 19.1. The predicted molar refractivity (Wildman–Crippen MR) is 117 cm³/mol. The minimum absolute atomic E-state index is 0.0497. The number of aryl methyl sites for hydroxylation is 2. The number of aliphatic hydroxyl groups is 1. The van der Waals surface area contributed by atoms with Crippen LogP contribution in [0.15, 0.2) is 42.5 Å². The minimum Gasteiger partial charge on any atom is -0.491 e. The SMILES string of the molecule is O=C(CCc1ccc2c(c1)CC[C@H](CNC[C@H](O)COc1ccc(F)cc1)O2)OOC(=O)C(F)(F)F. The van der Waals surface area contributed by atoms with E-state index in [0.29, 0.717) is 30.9 Å². The molecule has 0 aromatic heterocycles. The van der Waals surface area contributed by atoms with Gasteiger partial charge in [-0.1, -0.05) is 12.1 Å². The largest absolute Gasteiger partial charge is 0.495 e. The van der Waals surface area contributed by atoms with Crippen LogP contribution in [0.2, 0.25) is 0 Å². The molecule has 0 spiro atoms. The number of benzene rings is 2. The van der Waals surface area contributed by atoms with E-state index >= 15 is 0 Å². The second kappa shape index (κ2) is 12.5. The molecule has 8 nitrogen and oxygen atoms in total. The van der Waals surface area contributed by atoms with E-state index in [1.165, 1.54) is 24.3 Å². The standard InChI is InChI=1S/C24H25F4NO7/c25-17-4-7-19(8-5-17)33-14-18(30)12-29-13-20-6-3-16-11-15(1-9-21(16)34-20)2-10-22(31)35-36-23(32)24(26,27)28/h1,4-5,7-9,11,18,20,29-30H,2-3,6,10,12-14H2/t18-,20+/m0/s1. The van der Waals surface area contributed by atoms with Gasteiger partial charge in [-0.25, -0.2) is 23.8 Å². The molecule has 0 bridgehead atoms. The summed E-state index contributed by atoms with van der Waals surface area (Å²) in [7, 11) is 0. The quantitative estimate of drug-likeness (QED) is 0.283. The van der Waals surface area contributed by atoms with Gasteiger partial charge < -0.3 is 19.9 Å². The fraction of sp³-hybridized carbons (Fsp3) is 0.417. The van der Waals surface area contributed by atoms with E-state index in [1.807, 2.05) is 6.07 Å². The molecule has 1 heterocycles. The van der Waals surface area contributed by atoms with Crippen molar-refractivity contribution in [1.29, 1.82) is 0 Å². The average molecular weight is 515 g/mol. The normalized spacial score (nSPS) is 15.9. The van der Waals surface area contributed by atoms with E-state index < -0.39 is 24.2 Å². The monoisotopic (exact) mass is 515 g/mol. The van der Waals surface area contributed by atoms with Gasteiger partial charge >= 0.3 is 18.1 Å². The van der Waals surface area contributed by atoms with Crippen LogP contribution < -0.4 is 14.8 Å². The molecule has 2 aromatic carbocycles. The molecule has 0 radical (unpaired) electrons. The second-order valence-corrected chi connectivity index (χ2v) is 8.12. The Bertz CT molecular complexity index is 1030. The Hall–Kier alpha value is -3.38. The summed E-state index contributed by atoms with van der Waals surface area (Å²) in [5.41, 5.74) is 1.67. The average Bonchev–Trinajstić information content (AvgIpc) is 2.85. The third-order valence-electron chi connectivity index (χ3n) is 5.22. The van der Waals surface area contributed by atoms with Gasteiger partial charge in [0, 0.05) is 13.1 Å². The van der Waals surface area contributed by atoms with Gasteiger partial charge in [0.2, 0.25) is 0 Å². The fourth-order valence-corrected chi connectivity index (χ4v) is 3.41. The topological polar surface area (TPSA) is 103 Å². The maximum atomic E-state index is 12.9. The maximum Gasteiger partial charge on any atom is 0.495 e. The number of nitrogens with one attached hydrogen (secondary N) is 1. The van der Waals surface area contributed by atoms with Crippen LogP contribution in [-0.2, 0) is 32.2 Å². The van der Waals surface area contributed by atoms with Crippen LogP contribution in [0, 0.1) is 5.82 Å². The molecule has 196 valence electrons. The molecule has 3 rings (SSSR count). The fourth-order valence-electron chi connectivity index (χ4n) is 3.41. The third kappa shape index (κ3) is 8.68. The Morgan fingerprint density at radius 3 is 2.61 bits per heavy atom. The smallest absolute Gasteiger partial charge is 0.491 e. The van der Waals surface area contributed by atoms with Crippen LogP contribution in [0.1, 0.15) is 24.0 Å². The van der Waals surface area contributed by atoms with E-state index in [0.717, 1.165) is 11.1 Å². The van der Waals surface area contributed by atoms with Crippen LogP contribution in [0.3, 0.4) is 0 Å². The van der Waals surface area contributed by atoms with Crippen LogP contribution in [0.5, 0.6) is 11.5 Å². The van der Waals surface area contributed by atoms with Gasteiger partial charge in [0.05, 0.1) is 6.42 Å². The highest BCUT2D eigenvalue weighted by Crippen LogP contribution is 2.29. The summed E-state index contributed by atoms with van der Waals surface area (Å²) < 4.78 is 60.4. The van der Waals surface area contributed by atoms with Crippen LogP contribution in [0.25, 0.3) is 0 Å². The molecule has 2 aromatic rings. The van der Waals surface area contributed by atoms with Crippen molar-refractivity contribution in [3.05, 3.63) is 59.4 Å². The molecule has 0 unspecified atom stereocenters. The number of halogens is 4. The van der Waals surface area contributed by atoms with Gasteiger partial charge in [-0.15, -0.1) is 0 Å². The molecule has 0 amide bonds.